The second kappa shape index (κ2) is 6.16. The molecule has 0 bridgehead atoms. The van der Waals surface area contributed by atoms with Crippen LogP contribution in [0.4, 0.5) is 0 Å². The summed E-state index contributed by atoms with van der Waals surface area (Å²) < 4.78 is 0. The highest BCUT2D eigenvalue weighted by Gasteiger charge is 2.14. The predicted molar refractivity (Wildman–Crippen MR) is 74.9 cm³/mol. The summed E-state index contributed by atoms with van der Waals surface area (Å²) >= 11 is 0. The fraction of sp³-hybridized carbons (Fsp3) is 0.188. The first-order chi connectivity index (χ1) is 9.15. The molecule has 3 N–H and O–H groups in total. The van der Waals surface area contributed by atoms with Gasteiger partial charge in [0.15, 0.2) is 5.78 Å². The van der Waals surface area contributed by atoms with E-state index in [1.165, 1.54) is 0 Å². The van der Waals surface area contributed by atoms with E-state index in [1.54, 1.807) is 24.3 Å². The maximum absolute atomic E-state index is 12.0. The van der Waals surface area contributed by atoms with Crippen LogP contribution in [-0.2, 0) is 17.6 Å². The van der Waals surface area contributed by atoms with Crippen molar-refractivity contribution in [2.45, 2.75) is 18.9 Å². The molecule has 0 amide bonds. The maximum Gasteiger partial charge on any atom is 0.154 e. The van der Waals surface area contributed by atoms with Crippen molar-refractivity contribution in [1.29, 1.82) is 0 Å². The Labute approximate surface area is 112 Å². The molecule has 19 heavy (non-hydrogen) atoms. The van der Waals surface area contributed by atoms with Gasteiger partial charge in [-0.2, -0.15) is 0 Å². The highest BCUT2D eigenvalue weighted by atomic mass is 16.3. The first-order valence-corrected chi connectivity index (χ1v) is 6.25. The number of phenols is 1. The van der Waals surface area contributed by atoms with Crippen molar-refractivity contribution >= 4 is 5.78 Å². The van der Waals surface area contributed by atoms with Gasteiger partial charge in [-0.15, -0.1) is 0 Å². The fourth-order valence-electron chi connectivity index (χ4n) is 1.93. The van der Waals surface area contributed by atoms with Gasteiger partial charge in [0, 0.05) is 6.42 Å². The molecule has 0 saturated carbocycles. The lowest BCUT2D eigenvalue weighted by Gasteiger charge is -2.10. The van der Waals surface area contributed by atoms with E-state index in [0.29, 0.717) is 12.8 Å². The van der Waals surface area contributed by atoms with Crippen molar-refractivity contribution in [3.05, 3.63) is 65.7 Å². The summed E-state index contributed by atoms with van der Waals surface area (Å²) in [7, 11) is 0. The molecule has 0 spiro atoms. The Bertz CT molecular complexity index is 534. The van der Waals surface area contributed by atoms with Gasteiger partial charge in [0.2, 0.25) is 0 Å². The second-order valence-electron chi connectivity index (χ2n) is 4.61. The minimum atomic E-state index is -0.509. The number of carbonyl (C=O) groups is 1. The molecule has 3 heteroatoms. The third-order valence-electron chi connectivity index (χ3n) is 3.03. The SMILES string of the molecule is N[C@@H](Cc1ccc(O)cc1)C(=O)Cc1ccccc1. The highest BCUT2D eigenvalue weighted by molar-refractivity contribution is 5.86. The monoisotopic (exact) mass is 255 g/mol. The number of hydrogen-bond acceptors (Lipinski definition) is 3. The van der Waals surface area contributed by atoms with E-state index in [1.807, 2.05) is 30.3 Å². The van der Waals surface area contributed by atoms with Crippen LogP contribution in [-0.4, -0.2) is 16.9 Å². The van der Waals surface area contributed by atoms with Gasteiger partial charge >= 0.3 is 0 Å². The number of benzene rings is 2. The first kappa shape index (κ1) is 13.3. The van der Waals surface area contributed by atoms with Gasteiger partial charge in [-0.1, -0.05) is 42.5 Å². The quantitative estimate of drug-likeness (QED) is 0.859. The molecule has 0 aromatic heterocycles. The van der Waals surface area contributed by atoms with Crippen molar-refractivity contribution < 1.29 is 9.90 Å². The summed E-state index contributed by atoms with van der Waals surface area (Å²) in [6.45, 7) is 0. The molecule has 2 aromatic rings. The molecule has 0 radical (unpaired) electrons. The van der Waals surface area contributed by atoms with Crippen LogP contribution >= 0.6 is 0 Å². The lowest BCUT2D eigenvalue weighted by Crippen LogP contribution is -2.33. The van der Waals surface area contributed by atoms with Gasteiger partial charge in [-0.05, 0) is 29.7 Å². The zero-order valence-corrected chi connectivity index (χ0v) is 10.6. The Kier molecular flexibility index (Phi) is 4.31. The normalized spacial score (nSPS) is 12.1. The van der Waals surface area contributed by atoms with Gasteiger partial charge in [0.1, 0.15) is 5.75 Å². The Morgan fingerprint density at radius 1 is 1.00 bits per heavy atom. The molecule has 98 valence electrons. The van der Waals surface area contributed by atoms with Crippen molar-refractivity contribution in [3.63, 3.8) is 0 Å². The molecular formula is C16H17NO2. The van der Waals surface area contributed by atoms with Crippen LogP contribution in [0.2, 0.25) is 0 Å². The van der Waals surface area contributed by atoms with E-state index < -0.39 is 6.04 Å². The van der Waals surface area contributed by atoms with Crippen LogP contribution in [0.1, 0.15) is 11.1 Å². The van der Waals surface area contributed by atoms with E-state index in [-0.39, 0.29) is 11.5 Å². The van der Waals surface area contributed by atoms with E-state index in [2.05, 4.69) is 0 Å². The fourth-order valence-corrected chi connectivity index (χ4v) is 1.93. The Morgan fingerprint density at radius 2 is 1.63 bits per heavy atom. The summed E-state index contributed by atoms with van der Waals surface area (Å²) in [4.78, 5) is 12.0. The molecule has 0 aliphatic heterocycles. The van der Waals surface area contributed by atoms with Gasteiger partial charge < -0.3 is 10.8 Å². The Hall–Kier alpha value is -2.13. The van der Waals surface area contributed by atoms with E-state index in [4.69, 9.17) is 5.73 Å². The molecule has 0 unspecified atom stereocenters. The zero-order chi connectivity index (χ0) is 13.7. The van der Waals surface area contributed by atoms with E-state index >= 15 is 0 Å². The summed E-state index contributed by atoms with van der Waals surface area (Å²) in [6.07, 6.45) is 0.853. The Morgan fingerprint density at radius 3 is 2.26 bits per heavy atom. The third-order valence-corrected chi connectivity index (χ3v) is 3.03. The average Bonchev–Trinajstić information content (AvgIpc) is 2.42. The summed E-state index contributed by atoms with van der Waals surface area (Å²) in [6, 6.07) is 15.8. The molecule has 0 fully saturated rings. The summed E-state index contributed by atoms with van der Waals surface area (Å²) in [5, 5.41) is 9.20. The molecular weight excluding hydrogens is 238 g/mol. The smallest absolute Gasteiger partial charge is 0.154 e. The van der Waals surface area contributed by atoms with Crippen LogP contribution in [0.15, 0.2) is 54.6 Å². The van der Waals surface area contributed by atoms with Crippen molar-refractivity contribution in [2.75, 3.05) is 0 Å². The number of aromatic hydroxyl groups is 1. The predicted octanol–water partition coefficient (Wildman–Crippen LogP) is 2.07. The average molecular weight is 255 g/mol. The van der Waals surface area contributed by atoms with Gasteiger partial charge in [-0.25, -0.2) is 0 Å². The lowest BCUT2D eigenvalue weighted by molar-refractivity contribution is -0.119. The number of rotatable bonds is 5. The van der Waals surface area contributed by atoms with Crippen LogP contribution in [0, 0.1) is 0 Å². The second-order valence-corrected chi connectivity index (χ2v) is 4.61. The standard InChI is InChI=1S/C16H17NO2/c17-15(10-13-6-8-14(18)9-7-13)16(19)11-12-4-2-1-3-5-12/h1-9,15,18H,10-11,17H2/t15-/m0/s1. The number of phenolic OH excluding ortho intramolecular Hbond substituents is 1. The lowest BCUT2D eigenvalue weighted by atomic mass is 9.98. The van der Waals surface area contributed by atoms with Gasteiger partial charge in [0.05, 0.1) is 6.04 Å². The van der Waals surface area contributed by atoms with Crippen LogP contribution < -0.4 is 5.73 Å². The molecule has 0 heterocycles. The summed E-state index contributed by atoms with van der Waals surface area (Å²) in [5.74, 6) is 0.243. The van der Waals surface area contributed by atoms with Gasteiger partial charge in [0.25, 0.3) is 0 Å². The molecule has 2 rings (SSSR count). The maximum atomic E-state index is 12.0. The molecule has 0 aliphatic carbocycles. The topological polar surface area (TPSA) is 63.3 Å². The number of ketones is 1. The Balaban J connectivity index is 1.94. The van der Waals surface area contributed by atoms with Crippen molar-refractivity contribution in [2.24, 2.45) is 5.73 Å². The number of nitrogens with two attached hydrogens (primary N) is 1. The van der Waals surface area contributed by atoms with Crippen LogP contribution in [0.3, 0.4) is 0 Å². The molecule has 0 saturated heterocycles. The van der Waals surface area contributed by atoms with Crippen molar-refractivity contribution in [3.8, 4) is 5.75 Å². The minimum Gasteiger partial charge on any atom is -0.508 e. The largest absolute Gasteiger partial charge is 0.508 e. The molecule has 0 aliphatic rings. The highest BCUT2D eigenvalue weighted by Crippen LogP contribution is 2.11. The van der Waals surface area contributed by atoms with Crippen molar-refractivity contribution in [1.82, 2.24) is 0 Å². The number of hydrogen-bond donors (Lipinski definition) is 2. The van der Waals surface area contributed by atoms with E-state index in [0.717, 1.165) is 11.1 Å². The molecule has 3 nitrogen and oxygen atoms in total. The minimum absolute atomic E-state index is 0.0271. The van der Waals surface area contributed by atoms with Crippen LogP contribution in [0.5, 0.6) is 5.75 Å². The molecule has 1 atom stereocenters. The summed E-state index contributed by atoms with van der Waals surface area (Å²) in [5.41, 5.74) is 7.85. The van der Waals surface area contributed by atoms with Gasteiger partial charge in [-0.3, -0.25) is 4.79 Å². The molecule has 2 aromatic carbocycles. The zero-order valence-electron chi connectivity index (χ0n) is 10.6. The van der Waals surface area contributed by atoms with E-state index in [9.17, 15) is 9.90 Å². The van der Waals surface area contributed by atoms with Crippen LogP contribution in [0.25, 0.3) is 0 Å². The number of Topliss-reactive ketones (excluding diaryl/α,β-unsaturated/α-hetero) is 1. The third kappa shape index (κ3) is 3.93. The first-order valence-electron chi connectivity index (χ1n) is 6.25. The number of carbonyl (C=O) groups excluding carboxylic acids is 1.